The van der Waals surface area contributed by atoms with Crippen molar-refractivity contribution < 1.29 is 0 Å². The molecule has 0 saturated carbocycles. The Hall–Kier alpha value is -1.87. The molecule has 0 fully saturated rings. The van der Waals surface area contributed by atoms with Crippen molar-refractivity contribution in [1.29, 1.82) is 0 Å². The van der Waals surface area contributed by atoms with Crippen LogP contribution in [0.2, 0.25) is 0 Å². The number of rotatable bonds is 3. The van der Waals surface area contributed by atoms with Crippen LogP contribution in [0.5, 0.6) is 0 Å². The molecule has 20 heavy (non-hydrogen) atoms. The van der Waals surface area contributed by atoms with Gasteiger partial charge in [0.05, 0.1) is 0 Å². The second kappa shape index (κ2) is 5.63. The predicted molar refractivity (Wildman–Crippen MR) is 89.0 cm³/mol. The van der Waals surface area contributed by atoms with E-state index in [0.29, 0.717) is 0 Å². The van der Waals surface area contributed by atoms with Gasteiger partial charge in [0.2, 0.25) is 0 Å². The van der Waals surface area contributed by atoms with Crippen LogP contribution in [0.3, 0.4) is 0 Å². The number of benzene rings is 2. The van der Waals surface area contributed by atoms with Crippen LogP contribution in [-0.2, 0) is 5.75 Å². The Morgan fingerprint density at radius 1 is 1.00 bits per heavy atom. The van der Waals surface area contributed by atoms with Gasteiger partial charge in [0.15, 0.2) is 5.84 Å². The summed E-state index contributed by atoms with van der Waals surface area (Å²) in [6, 6.07) is 16.8. The molecule has 2 aromatic carbocycles. The van der Waals surface area contributed by atoms with Crippen molar-refractivity contribution in [3.63, 3.8) is 0 Å². The minimum atomic E-state index is -0.637. The Balaban J connectivity index is 1.77. The zero-order chi connectivity index (χ0) is 13.9. The Kier molecular flexibility index (Phi) is 3.70. The molecule has 0 aromatic heterocycles. The molecule has 1 aliphatic heterocycles. The van der Waals surface area contributed by atoms with E-state index in [4.69, 9.17) is 4.40 Å². The maximum atomic E-state index is 4.73. The summed E-state index contributed by atoms with van der Waals surface area (Å²) in [7, 11) is 0. The van der Waals surface area contributed by atoms with E-state index in [0.717, 1.165) is 17.2 Å². The zero-order valence-corrected chi connectivity index (χ0v) is 12.6. The van der Waals surface area contributed by atoms with E-state index in [1.165, 1.54) is 16.7 Å². The van der Waals surface area contributed by atoms with Gasteiger partial charge >= 0.3 is 0 Å². The smallest absolute Gasteiger partial charge is 0.166 e. The van der Waals surface area contributed by atoms with Crippen LogP contribution in [-0.4, -0.2) is 11.4 Å². The second-order valence-corrected chi connectivity index (χ2v) is 6.50. The molecule has 0 amide bonds. The summed E-state index contributed by atoms with van der Waals surface area (Å²) in [4.78, 5) is 4.37. The quantitative estimate of drug-likeness (QED) is 0.820. The molecule has 0 aliphatic carbocycles. The third-order valence-electron chi connectivity index (χ3n) is 3.38. The Morgan fingerprint density at radius 2 is 1.75 bits per heavy atom. The standard InChI is InChI=1S/C17H17N2S/c1-13-7-9-15(10-8-13)17-18-12-20(19-17)11-16-6-4-3-5-14(16)2/h3-10,20H,11H2,1-2H3. The van der Waals surface area contributed by atoms with E-state index < -0.39 is 11.1 Å². The van der Waals surface area contributed by atoms with Crippen LogP contribution >= 0.6 is 11.1 Å². The summed E-state index contributed by atoms with van der Waals surface area (Å²) in [6.07, 6.45) is 0. The van der Waals surface area contributed by atoms with Gasteiger partial charge in [0.25, 0.3) is 0 Å². The first kappa shape index (κ1) is 13.1. The number of hydrogen-bond acceptors (Lipinski definition) is 2. The van der Waals surface area contributed by atoms with Crippen LogP contribution < -0.4 is 0 Å². The lowest BCUT2D eigenvalue weighted by atomic mass is 10.1. The fourth-order valence-electron chi connectivity index (χ4n) is 2.11. The molecule has 0 N–H and O–H groups in total. The highest BCUT2D eigenvalue weighted by atomic mass is 32.2. The molecule has 3 rings (SSSR count). The van der Waals surface area contributed by atoms with E-state index in [2.05, 4.69) is 72.9 Å². The summed E-state index contributed by atoms with van der Waals surface area (Å²) in [5.41, 5.74) is 8.17. The van der Waals surface area contributed by atoms with Crippen LogP contribution in [0, 0.1) is 13.8 Å². The zero-order valence-electron chi connectivity index (χ0n) is 11.7. The molecule has 1 aliphatic rings. The first-order valence-electron chi connectivity index (χ1n) is 6.66. The molecule has 2 aromatic rings. The Labute approximate surface area is 122 Å². The summed E-state index contributed by atoms with van der Waals surface area (Å²) < 4.78 is 4.73. The average molecular weight is 281 g/mol. The third-order valence-corrected chi connectivity index (χ3v) is 4.78. The van der Waals surface area contributed by atoms with Gasteiger partial charge in [0.1, 0.15) is 5.55 Å². The molecular formula is C17H17N2S. The van der Waals surface area contributed by atoms with Gasteiger partial charge in [-0.1, -0.05) is 54.1 Å². The van der Waals surface area contributed by atoms with Crippen molar-refractivity contribution in [2.75, 3.05) is 0 Å². The lowest BCUT2D eigenvalue weighted by Gasteiger charge is -2.09. The Morgan fingerprint density at radius 3 is 2.50 bits per heavy atom. The largest absolute Gasteiger partial charge is 0.218 e. The van der Waals surface area contributed by atoms with Crippen LogP contribution in [0.15, 0.2) is 57.9 Å². The molecule has 3 heteroatoms. The Bertz CT molecular complexity index is 672. The van der Waals surface area contributed by atoms with Crippen molar-refractivity contribution in [1.82, 2.24) is 0 Å². The topological polar surface area (TPSA) is 24.7 Å². The second-order valence-electron chi connectivity index (χ2n) is 4.99. The van der Waals surface area contributed by atoms with Crippen molar-refractivity contribution in [3.05, 3.63) is 70.8 Å². The highest BCUT2D eigenvalue weighted by Crippen LogP contribution is 2.34. The fraction of sp³-hybridized carbons (Fsp3) is 0.176. The fourth-order valence-corrected chi connectivity index (χ4v) is 3.57. The van der Waals surface area contributed by atoms with Gasteiger partial charge in [-0.05, 0) is 25.0 Å². The van der Waals surface area contributed by atoms with Gasteiger partial charge in [-0.2, -0.15) is 0 Å². The van der Waals surface area contributed by atoms with Gasteiger partial charge in [-0.15, -0.1) is 11.1 Å². The summed E-state index contributed by atoms with van der Waals surface area (Å²) in [5.74, 6) is 1.76. The number of thiol groups is 1. The molecule has 0 saturated heterocycles. The monoisotopic (exact) mass is 281 g/mol. The number of hydrogen-bond donors (Lipinski definition) is 1. The molecule has 2 nitrogen and oxygen atoms in total. The maximum Gasteiger partial charge on any atom is 0.166 e. The van der Waals surface area contributed by atoms with Crippen LogP contribution in [0.1, 0.15) is 22.3 Å². The first-order chi connectivity index (χ1) is 9.72. The summed E-state index contributed by atoms with van der Waals surface area (Å²) in [5, 5.41) is 0. The first-order valence-corrected chi connectivity index (χ1v) is 8.14. The molecule has 0 bridgehead atoms. The van der Waals surface area contributed by atoms with Crippen LogP contribution in [0.25, 0.3) is 0 Å². The highest BCUT2D eigenvalue weighted by Gasteiger charge is 2.13. The van der Waals surface area contributed by atoms with Crippen molar-refractivity contribution in [2.24, 2.45) is 9.39 Å². The van der Waals surface area contributed by atoms with E-state index >= 15 is 0 Å². The minimum absolute atomic E-state index is 0.637. The minimum Gasteiger partial charge on any atom is -0.218 e. The molecule has 101 valence electrons. The maximum absolute atomic E-state index is 4.73. The molecule has 1 unspecified atom stereocenters. The van der Waals surface area contributed by atoms with Crippen molar-refractivity contribution in [2.45, 2.75) is 19.6 Å². The highest BCUT2D eigenvalue weighted by molar-refractivity contribution is 8.27. The molecule has 1 radical (unpaired) electrons. The predicted octanol–water partition coefficient (Wildman–Crippen LogP) is 4.09. The lowest BCUT2D eigenvalue weighted by Crippen LogP contribution is -1.93. The van der Waals surface area contributed by atoms with Gasteiger partial charge in [-0.3, -0.25) is 0 Å². The van der Waals surface area contributed by atoms with Crippen molar-refractivity contribution >= 4 is 22.5 Å². The van der Waals surface area contributed by atoms with Crippen LogP contribution in [0.4, 0.5) is 0 Å². The van der Waals surface area contributed by atoms with Gasteiger partial charge in [0, 0.05) is 11.3 Å². The molecule has 1 atom stereocenters. The molecular weight excluding hydrogens is 264 g/mol. The molecule has 0 spiro atoms. The molecule has 1 heterocycles. The average Bonchev–Trinajstić information content (AvgIpc) is 2.91. The van der Waals surface area contributed by atoms with E-state index in [1.54, 1.807) is 0 Å². The lowest BCUT2D eigenvalue weighted by molar-refractivity contribution is 1.31. The third kappa shape index (κ3) is 2.83. The number of amidine groups is 1. The van der Waals surface area contributed by atoms with E-state index in [9.17, 15) is 0 Å². The van der Waals surface area contributed by atoms with Crippen molar-refractivity contribution in [3.8, 4) is 0 Å². The number of nitrogens with zero attached hydrogens (tertiary/aromatic N) is 2. The number of aryl methyl sites for hydroxylation is 2. The van der Waals surface area contributed by atoms with E-state index in [1.807, 2.05) is 0 Å². The summed E-state index contributed by atoms with van der Waals surface area (Å²) in [6.45, 7) is 4.23. The summed E-state index contributed by atoms with van der Waals surface area (Å²) >= 11 is -0.637. The van der Waals surface area contributed by atoms with Gasteiger partial charge in [-0.25, -0.2) is 9.39 Å². The normalized spacial score (nSPS) is 19.1. The van der Waals surface area contributed by atoms with E-state index in [-0.39, 0.29) is 0 Å². The number of aliphatic imine (C=N–C) groups is 1. The van der Waals surface area contributed by atoms with Gasteiger partial charge < -0.3 is 0 Å². The SMILES string of the molecule is Cc1ccc(C2=N[SH](Cc3ccccc3C)[C]=N2)cc1.